The van der Waals surface area contributed by atoms with Gasteiger partial charge in [-0.15, -0.1) is 6.58 Å². The molecule has 5 fully saturated rings. The van der Waals surface area contributed by atoms with E-state index in [1.807, 2.05) is 36.4 Å². The second-order valence-corrected chi connectivity index (χ2v) is 18.7. The molecule has 2 saturated heterocycles. The quantitative estimate of drug-likeness (QED) is 0.331. The van der Waals surface area contributed by atoms with Gasteiger partial charge in [0.25, 0.3) is 5.91 Å². The summed E-state index contributed by atoms with van der Waals surface area (Å²) in [7, 11) is -2.32. The average Bonchev–Trinajstić information content (AvgIpc) is 4.11. The van der Waals surface area contributed by atoms with Gasteiger partial charge in [-0.25, -0.2) is 18.2 Å². The smallest absolute Gasteiger partial charge is 0.318 e. The molecule has 2 aromatic rings. The van der Waals surface area contributed by atoms with Gasteiger partial charge in [0.05, 0.1) is 30.5 Å². The summed E-state index contributed by atoms with van der Waals surface area (Å²) >= 11 is 0. The van der Waals surface area contributed by atoms with Crippen LogP contribution in [0.2, 0.25) is 0 Å². The number of nitrogens with one attached hydrogen (secondary N) is 3. The van der Waals surface area contributed by atoms with Crippen molar-refractivity contribution < 1.29 is 41.8 Å². The minimum absolute atomic E-state index is 0.0107. The van der Waals surface area contributed by atoms with E-state index in [-0.39, 0.29) is 37.4 Å². The lowest BCUT2D eigenvalue weighted by Crippen LogP contribution is -2.60. The Labute approximate surface area is 339 Å². The van der Waals surface area contributed by atoms with Crippen LogP contribution in [-0.4, -0.2) is 115 Å². The van der Waals surface area contributed by atoms with Crippen molar-refractivity contribution in [1.29, 1.82) is 0 Å². The van der Waals surface area contributed by atoms with Crippen LogP contribution >= 0.6 is 0 Å². The fourth-order valence-corrected chi connectivity index (χ4v) is 10.4. The molecule has 0 unspecified atom stereocenters. The van der Waals surface area contributed by atoms with Gasteiger partial charge < -0.3 is 34.6 Å². The first-order chi connectivity index (χ1) is 28.0. The van der Waals surface area contributed by atoms with Crippen molar-refractivity contribution in [3.05, 3.63) is 48.6 Å². The first kappa shape index (κ1) is 40.1. The van der Waals surface area contributed by atoms with Gasteiger partial charge in [-0.1, -0.05) is 37.5 Å². The van der Waals surface area contributed by atoms with E-state index in [0.717, 1.165) is 55.9 Å². The monoisotopic (exact) mass is 818 g/mol. The number of carbonyl (C=O) groups is 4. The molecule has 6 aliphatic rings. The van der Waals surface area contributed by atoms with E-state index in [4.69, 9.17) is 19.2 Å². The zero-order chi connectivity index (χ0) is 40.6. The lowest BCUT2D eigenvalue weighted by Gasteiger charge is -2.35. The lowest BCUT2D eigenvalue weighted by atomic mass is 9.83. The van der Waals surface area contributed by atoms with E-state index in [0.29, 0.717) is 56.1 Å². The number of pyridine rings is 1. The molecule has 1 aromatic carbocycles. The van der Waals surface area contributed by atoms with Gasteiger partial charge in [0.1, 0.15) is 29.5 Å². The number of allylic oxidation sites excluding steroid dienone is 1. The highest BCUT2D eigenvalue weighted by atomic mass is 32.2. The number of rotatable bonds is 8. The Bertz CT molecular complexity index is 2090. The average molecular weight is 819 g/mol. The number of amides is 5. The minimum Gasteiger partial charge on any atom is -0.497 e. The topological polar surface area (TPSA) is 186 Å². The van der Waals surface area contributed by atoms with E-state index in [2.05, 4.69) is 21.9 Å². The Morgan fingerprint density at radius 1 is 1.05 bits per heavy atom. The zero-order valence-corrected chi connectivity index (χ0v) is 33.8. The fourth-order valence-electron chi connectivity index (χ4n) is 9.00. The number of hydrogen-bond acceptors (Lipinski definition) is 10. The molecule has 0 spiro atoms. The van der Waals surface area contributed by atoms with Crippen molar-refractivity contribution in [2.45, 2.75) is 112 Å². The molecule has 0 radical (unpaired) electrons. The molecule has 312 valence electrons. The van der Waals surface area contributed by atoms with Crippen LogP contribution in [0.15, 0.2) is 43.0 Å². The molecule has 4 bridgehead atoms. The van der Waals surface area contributed by atoms with Crippen LogP contribution in [-0.2, 0) is 29.1 Å². The number of carbonyl (C=O) groups excluding carboxylic acids is 4. The van der Waals surface area contributed by atoms with Gasteiger partial charge >= 0.3 is 6.03 Å². The number of hydrogen-bond donors (Lipinski definition) is 3. The van der Waals surface area contributed by atoms with Gasteiger partial charge in [-0.2, -0.15) is 0 Å². The van der Waals surface area contributed by atoms with Crippen LogP contribution in [0.1, 0.15) is 82.6 Å². The molecule has 3 N–H and O–H groups in total. The number of urea groups is 1. The number of fused-ring (bicyclic) bond motifs is 6. The van der Waals surface area contributed by atoms with Gasteiger partial charge in [0, 0.05) is 49.1 Å². The van der Waals surface area contributed by atoms with Crippen molar-refractivity contribution in [3.8, 4) is 11.6 Å². The number of sulfonamides is 1. The van der Waals surface area contributed by atoms with Gasteiger partial charge in [0.2, 0.25) is 27.7 Å². The summed E-state index contributed by atoms with van der Waals surface area (Å²) in [5.41, 5.74) is -0.177. The zero-order valence-electron chi connectivity index (χ0n) is 33.0. The minimum atomic E-state index is -3.90. The first-order valence-corrected chi connectivity index (χ1v) is 22.3. The van der Waals surface area contributed by atoms with Gasteiger partial charge in [-0.05, 0) is 75.5 Å². The highest BCUT2D eigenvalue weighted by Crippen LogP contribution is 2.46. The summed E-state index contributed by atoms with van der Waals surface area (Å²) in [6, 6.07) is 5.23. The van der Waals surface area contributed by atoms with Gasteiger partial charge in [0.15, 0.2) is 0 Å². The normalized spacial score (nSPS) is 29.6. The molecule has 6 atom stereocenters. The Balaban J connectivity index is 1.14. The van der Waals surface area contributed by atoms with E-state index in [1.54, 1.807) is 12.0 Å². The van der Waals surface area contributed by atoms with E-state index < -0.39 is 62.6 Å². The van der Waals surface area contributed by atoms with Crippen molar-refractivity contribution in [2.75, 3.05) is 33.4 Å². The molecule has 3 aliphatic heterocycles. The molecule has 15 nitrogen and oxygen atoms in total. The third-order valence-electron chi connectivity index (χ3n) is 12.7. The Hall–Kier alpha value is -4.70. The van der Waals surface area contributed by atoms with Crippen molar-refractivity contribution in [1.82, 2.24) is 30.1 Å². The largest absolute Gasteiger partial charge is 0.497 e. The van der Waals surface area contributed by atoms with Crippen molar-refractivity contribution in [3.63, 3.8) is 0 Å². The number of nitrogens with zero attached hydrogens (tertiary/aromatic N) is 3. The molecule has 3 aliphatic carbocycles. The Kier molecular flexibility index (Phi) is 11.4. The Morgan fingerprint density at radius 3 is 2.60 bits per heavy atom. The van der Waals surface area contributed by atoms with Crippen LogP contribution in [0, 0.1) is 11.8 Å². The first-order valence-electron chi connectivity index (χ1n) is 20.8. The SMILES string of the molecule is C=C[C@@H]1C[C@]1(NC(=O)[C@@H]1C[C@@H]2CN1C(=O)[C@H](C1CCCCC1)NC(=O)N1CC[C@@H](C1)OCCCC=Cc1cc3ccc(OC)cc3nc1O2)C(=O)NS(=O)(=O)C1CC1. The maximum absolute atomic E-state index is 15.0. The molecule has 4 heterocycles. The van der Waals surface area contributed by atoms with Crippen LogP contribution in [0.4, 0.5) is 4.79 Å². The summed E-state index contributed by atoms with van der Waals surface area (Å²) in [5, 5.41) is 6.21. The summed E-state index contributed by atoms with van der Waals surface area (Å²) in [5.74, 6) is -1.55. The maximum Gasteiger partial charge on any atom is 0.318 e. The number of ether oxygens (including phenoxy) is 3. The standard InChI is InChI=1S/C42H54N6O9S/c1-3-29-23-42(29,40(51)46-58(53,54)33-15-16-33)45-37(49)35-22-32-25-48(35)39(50)36(26-10-6-4-7-11-26)44-41(52)47-18-17-31(24-47)56-19-9-5-8-12-28-20-27-13-14-30(55-2)21-34(27)43-38(28)57-32/h3,8,12-14,20-21,26,29,31-33,35-36H,1,4-7,9-11,15-19,22-25H2,2H3,(H,44,52)(H,45,49)(H,46,51)/t29-,31+,32-,35+,36+,42-/m1/s1. The maximum atomic E-state index is 15.0. The van der Waals surface area contributed by atoms with E-state index in [9.17, 15) is 22.8 Å². The highest BCUT2D eigenvalue weighted by Gasteiger charge is 2.62. The van der Waals surface area contributed by atoms with Crippen LogP contribution in [0.5, 0.6) is 11.6 Å². The molecule has 1 aromatic heterocycles. The predicted molar refractivity (Wildman–Crippen MR) is 215 cm³/mol. The second-order valence-electron chi connectivity index (χ2n) is 16.7. The highest BCUT2D eigenvalue weighted by molar-refractivity contribution is 7.91. The summed E-state index contributed by atoms with van der Waals surface area (Å²) in [6.45, 7) is 5.29. The van der Waals surface area contributed by atoms with Gasteiger partial charge in [-0.3, -0.25) is 19.1 Å². The summed E-state index contributed by atoms with van der Waals surface area (Å²) in [6.07, 6.45) is 12.4. The fraction of sp³-hybridized carbons (Fsp3) is 0.595. The van der Waals surface area contributed by atoms with Crippen LogP contribution in [0.3, 0.4) is 0 Å². The molecule has 5 amide bonds. The van der Waals surface area contributed by atoms with Crippen LogP contribution < -0.4 is 24.8 Å². The number of aromatic nitrogens is 1. The number of methoxy groups -OCH3 is 1. The molecule has 16 heteroatoms. The van der Waals surface area contributed by atoms with Crippen molar-refractivity contribution in [2.24, 2.45) is 11.8 Å². The molecule has 3 saturated carbocycles. The molecular formula is C42H54N6O9S. The second kappa shape index (κ2) is 16.5. The van der Waals surface area contributed by atoms with Crippen LogP contribution in [0.25, 0.3) is 17.0 Å². The summed E-state index contributed by atoms with van der Waals surface area (Å²) < 4.78 is 46.2. The summed E-state index contributed by atoms with van der Waals surface area (Å²) in [4.78, 5) is 65.2. The number of benzene rings is 1. The molecule has 8 rings (SSSR count). The molecular weight excluding hydrogens is 765 g/mol. The third kappa shape index (κ3) is 8.40. The predicted octanol–water partition coefficient (Wildman–Crippen LogP) is 3.82. The third-order valence-corrected chi connectivity index (χ3v) is 14.5. The van der Waals surface area contributed by atoms with E-state index >= 15 is 4.79 Å². The van der Waals surface area contributed by atoms with E-state index in [1.165, 1.54) is 11.0 Å². The molecule has 58 heavy (non-hydrogen) atoms. The van der Waals surface area contributed by atoms with Crippen molar-refractivity contribution >= 4 is 50.8 Å². The Morgan fingerprint density at radius 2 is 1.86 bits per heavy atom. The lowest BCUT2D eigenvalue weighted by molar-refractivity contribution is -0.142.